The number of aliphatic imine (C=N–C) groups is 1. The molecule has 1 unspecified atom stereocenters. The van der Waals surface area contributed by atoms with Crippen LogP contribution in [0.15, 0.2) is 33.7 Å². The molecular formula is C19H27BrIN3O. The van der Waals surface area contributed by atoms with Crippen molar-refractivity contribution >= 4 is 45.9 Å². The highest BCUT2D eigenvalue weighted by atomic mass is 127. The number of nitrogens with one attached hydrogen (secondary N) is 1. The van der Waals surface area contributed by atoms with Crippen LogP contribution in [-0.2, 0) is 10.2 Å². The molecular weight excluding hydrogens is 493 g/mol. The molecule has 3 fully saturated rings. The van der Waals surface area contributed by atoms with Crippen molar-refractivity contribution in [1.82, 2.24) is 10.2 Å². The van der Waals surface area contributed by atoms with Crippen molar-refractivity contribution in [3.05, 3.63) is 34.3 Å². The molecule has 1 N–H and O–H groups in total. The molecule has 1 aromatic carbocycles. The lowest BCUT2D eigenvalue weighted by Gasteiger charge is -2.27. The highest BCUT2D eigenvalue weighted by Crippen LogP contribution is 2.50. The number of nitrogens with zero attached hydrogens (tertiary/aromatic N) is 2. The molecule has 6 heteroatoms. The van der Waals surface area contributed by atoms with E-state index in [2.05, 4.69) is 55.4 Å². The molecule has 1 spiro atoms. The van der Waals surface area contributed by atoms with E-state index in [0.29, 0.717) is 5.41 Å². The summed E-state index contributed by atoms with van der Waals surface area (Å²) in [5.41, 5.74) is 2.07. The Hall–Kier alpha value is -0.340. The van der Waals surface area contributed by atoms with E-state index < -0.39 is 0 Å². The molecule has 0 bridgehead atoms. The first-order valence-corrected chi connectivity index (χ1v) is 9.74. The molecule has 1 aromatic rings. The smallest absolute Gasteiger partial charge is 0.193 e. The highest BCUT2D eigenvalue weighted by molar-refractivity contribution is 14.0. The first-order valence-electron chi connectivity index (χ1n) is 8.95. The summed E-state index contributed by atoms with van der Waals surface area (Å²) >= 11 is 3.72. The van der Waals surface area contributed by atoms with E-state index in [1.54, 1.807) is 0 Å². The van der Waals surface area contributed by atoms with Gasteiger partial charge in [0.1, 0.15) is 0 Å². The van der Waals surface area contributed by atoms with E-state index in [9.17, 15) is 0 Å². The van der Waals surface area contributed by atoms with Crippen LogP contribution in [0, 0.1) is 5.41 Å². The van der Waals surface area contributed by atoms with Crippen molar-refractivity contribution < 1.29 is 4.74 Å². The second-order valence-corrected chi connectivity index (χ2v) is 8.49. The lowest BCUT2D eigenvalue weighted by molar-refractivity contribution is 0.156. The first-order chi connectivity index (χ1) is 11.7. The van der Waals surface area contributed by atoms with Crippen molar-refractivity contribution in [2.24, 2.45) is 10.4 Å². The molecule has 1 saturated carbocycles. The number of hydrogen-bond donors (Lipinski definition) is 1. The summed E-state index contributed by atoms with van der Waals surface area (Å²) in [5.74, 6) is 1.05. The van der Waals surface area contributed by atoms with Crippen LogP contribution < -0.4 is 5.32 Å². The third-order valence-electron chi connectivity index (χ3n) is 6.02. The van der Waals surface area contributed by atoms with E-state index in [1.807, 2.05) is 7.05 Å². The number of likely N-dealkylation sites (tertiary alicyclic amines) is 1. The van der Waals surface area contributed by atoms with Gasteiger partial charge in [0.2, 0.25) is 0 Å². The van der Waals surface area contributed by atoms with Crippen LogP contribution in [0.4, 0.5) is 0 Å². The lowest BCUT2D eigenvalue weighted by atomic mass is 9.87. The fraction of sp³-hybridized carbons (Fsp3) is 0.632. The van der Waals surface area contributed by atoms with Gasteiger partial charge in [-0.1, -0.05) is 34.1 Å². The van der Waals surface area contributed by atoms with Crippen LogP contribution in [0.3, 0.4) is 0 Å². The number of hydrogen-bond acceptors (Lipinski definition) is 2. The number of ether oxygens (including phenoxy) is 1. The second kappa shape index (κ2) is 7.72. The Morgan fingerprint density at radius 2 is 2.08 bits per heavy atom. The second-order valence-electron chi connectivity index (χ2n) is 7.64. The molecule has 25 heavy (non-hydrogen) atoms. The van der Waals surface area contributed by atoms with E-state index in [1.165, 1.54) is 35.7 Å². The zero-order valence-electron chi connectivity index (χ0n) is 14.8. The Balaban J connectivity index is 0.00000182. The Kier molecular flexibility index (Phi) is 6.00. The topological polar surface area (TPSA) is 36.9 Å². The third kappa shape index (κ3) is 3.86. The molecule has 2 saturated heterocycles. The van der Waals surface area contributed by atoms with E-state index >= 15 is 0 Å². The van der Waals surface area contributed by atoms with Gasteiger partial charge in [0, 0.05) is 48.6 Å². The van der Waals surface area contributed by atoms with Gasteiger partial charge in [-0.05, 0) is 37.3 Å². The van der Waals surface area contributed by atoms with Crippen LogP contribution in [0.5, 0.6) is 0 Å². The zero-order chi connectivity index (χ0) is 16.6. The van der Waals surface area contributed by atoms with Crippen molar-refractivity contribution in [3.63, 3.8) is 0 Å². The van der Waals surface area contributed by atoms with Crippen molar-refractivity contribution in [2.75, 3.05) is 39.9 Å². The predicted octanol–water partition coefficient (Wildman–Crippen LogP) is 3.79. The first kappa shape index (κ1) is 19.4. The molecule has 4 rings (SSSR count). The quantitative estimate of drug-likeness (QED) is 0.375. The molecule has 3 aliphatic rings. The minimum atomic E-state index is 0. The number of guanidine groups is 1. The van der Waals surface area contributed by atoms with Crippen LogP contribution >= 0.6 is 39.9 Å². The van der Waals surface area contributed by atoms with E-state index in [-0.39, 0.29) is 29.4 Å². The Morgan fingerprint density at radius 3 is 2.72 bits per heavy atom. The average Bonchev–Trinajstić information content (AvgIpc) is 3.05. The van der Waals surface area contributed by atoms with E-state index in [0.717, 1.165) is 38.8 Å². The molecule has 1 atom stereocenters. The van der Waals surface area contributed by atoms with Gasteiger partial charge in [0.25, 0.3) is 0 Å². The standard InChI is InChI=1S/C19H26BrN3O.HI/c1-21-17(23-10-8-18(13-23)9-11-24-14-18)22-12-19(6-7-19)15-4-2-3-5-16(15)20;/h2-5H,6-14H2,1H3,(H,21,22);1H. The highest BCUT2D eigenvalue weighted by Gasteiger charge is 2.46. The summed E-state index contributed by atoms with van der Waals surface area (Å²) in [6.07, 6.45) is 4.92. The van der Waals surface area contributed by atoms with Gasteiger partial charge in [-0.25, -0.2) is 0 Å². The van der Waals surface area contributed by atoms with Gasteiger partial charge in [-0.3, -0.25) is 4.99 Å². The fourth-order valence-electron chi connectivity index (χ4n) is 4.25. The van der Waals surface area contributed by atoms with Crippen molar-refractivity contribution in [3.8, 4) is 0 Å². The summed E-state index contributed by atoms with van der Waals surface area (Å²) in [7, 11) is 1.90. The van der Waals surface area contributed by atoms with Crippen LogP contribution in [0.2, 0.25) is 0 Å². The van der Waals surface area contributed by atoms with Crippen LogP contribution in [0.25, 0.3) is 0 Å². The maximum atomic E-state index is 5.65. The third-order valence-corrected chi connectivity index (χ3v) is 6.71. The Morgan fingerprint density at radius 1 is 1.28 bits per heavy atom. The Bertz CT molecular complexity index is 641. The van der Waals surface area contributed by atoms with Crippen LogP contribution in [-0.4, -0.2) is 50.8 Å². The van der Waals surface area contributed by atoms with Crippen molar-refractivity contribution in [1.29, 1.82) is 0 Å². The van der Waals surface area contributed by atoms with Gasteiger partial charge >= 0.3 is 0 Å². The molecule has 2 aliphatic heterocycles. The number of halogens is 2. The predicted molar refractivity (Wildman–Crippen MR) is 116 cm³/mol. The number of rotatable bonds is 3. The summed E-state index contributed by atoms with van der Waals surface area (Å²) in [6, 6.07) is 8.62. The lowest BCUT2D eigenvalue weighted by Crippen LogP contribution is -2.44. The van der Waals surface area contributed by atoms with Gasteiger partial charge in [0.15, 0.2) is 5.96 Å². The summed E-state index contributed by atoms with van der Waals surface area (Å²) in [4.78, 5) is 6.97. The molecule has 138 valence electrons. The van der Waals surface area contributed by atoms with E-state index in [4.69, 9.17) is 4.74 Å². The van der Waals surface area contributed by atoms with Gasteiger partial charge in [0.05, 0.1) is 6.61 Å². The monoisotopic (exact) mass is 519 g/mol. The SMILES string of the molecule is CN=C(NCC1(c2ccccc2Br)CC1)N1CCC2(CCOC2)C1.I. The van der Waals surface area contributed by atoms with Crippen LogP contribution in [0.1, 0.15) is 31.2 Å². The molecule has 0 amide bonds. The average molecular weight is 520 g/mol. The summed E-state index contributed by atoms with van der Waals surface area (Å²) in [5, 5.41) is 3.66. The molecule has 2 heterocycles. The fourth-order valence-corrected chi connectivity index (χ4v) is 4.96. The summed E-state index contributed by atoms with van der Waals surface area (Å²) in [6.45, 7) is 4.97. The molecule has 0 aromatic heterocycles. The van der Waals surface area contributed by atoms with Crippen molar-refractivity contribution in [2.45, 2.75) is 31.1 Å². The van der Waals surface area contributed by atoms with Gasteiger partial charge in [-0.15, -0.1) is 24.0 Å². The van der Waals surface area contributed by atoms with Gasteiger partial charge in [-0.2, -0.15) is 0 Å². The minimum Gasteiger partial charge on any atom is -0.381 e. The zero-order valence-corrected chi connectivity index (χ0v) is 18.7. The summed E-state index contributed by atoms with van der Waals surface area (Å²) < 4.78 is 6.87. The molecule has 4 nitrogen and oxygen atoms in total. The Labute approximate surface area is 175 Å². The largest absolute Gasteiger partial charge is 0.381 e. The normalized spacial score (nSPS) is 27.4. The number of benzene rings is 1. The minimum absolute atomic E-state index is 0. The molecule has 1 aliphatic carbocycles. The molecule has 0 radical (unpaired) electrons. The maximum absolute atomic E-state index is 5.65. The van der Waals surface area contributed by atoms with Gasteiger partial charge < -0.3 is 15.0 Å². The maximum Gasteiger partial charge on any atom is 0.193 e.